The summed E-state index contributed by atoms with van der Waals surface area (Å²) in [5, 5.41) is 17.9. The van der Waals surface area contributed by atoms with E-state index in [1.54, 1.807) is 24.3 Å². The van der Waals surface area contributed by atoms with Gasteiger partial charge >= 0.3 is 0 Å². The topological polar surface area (TPSA) is 92.5 Å². The molecule has 0 aliphatic rings. The summed E-state index contributed by atoms with van der Waals surface area (Å²) in [6.07, 6.45) is 1.72. The van der Waals surface area contributed by atoms with Gasteiger partial charge in [-0.25, -0.2) is 0 Å². The van der Waals surface area contributed by atoms with Crippen molar-refractivity contribution in [3.63, 3.8) is 0 Å². The third-order valence-corrected chi connectivity index (χ3v) is 2.99. The number of nitrogens with two attached hydrogens (primary N) is 2. The number of benzene rings is 2. The predicted octanol–water partition coefficient (Wildman–Crippen LogP) is 3.72. The fraction of sp³-hybridized carbons (Fsp3) is 0.333. The van der Waals surface area contributed by atoms with E-state index < -0.39 is 0 Å². The van der Waals surface area contributed by atoms with E-state index in [1.165, 1.54) is 0 Å². The molecule has 0 bridgehead atoms. The normalized spacial score (nSPS) is 11.8. The second-order valence-corrected chi connectivity index (χ2v) is 5.70. The molecule has 2 unspecified atom stereocenters. The van der Waals surface area contributed by atoms with Crippen molar-refractivity contribution in [1.29, 1.82) is 0 Å². The lowest BCUT2D eigenvalue weighted by atomic mass is 10.1. The fourth-order valence-electron chi connectivity index (χ4n) is 2.01. The van der Waals surface area contributed by atoms with E-state index in [0.29, 0.717) is 11.5 Å². The zero-order chi connectivity index (χ0) is 16.5. The number of phenols is 2. The molecule has 0 aromatic heterocycles. The molecule has 0 saturated heterocycles. The lowest BCUT2D eigenvalue weighted by Crippen LogP contribution is -2.17. The summed E-state index contributed by atoms with van der Waals surface area (Å²) in [5.74, 6) is 0.608. The molecule has 4 nitrogen and oxygen atoms in total. The van der Waals surface area contributed by atoms with Crippen molar-refractivity contribution in [1.82, 2.24) is 0 Å². The fourth-order valence-corrected chi connectivity index (χ4v) is 2.01. The van der Waals surface area contributed by atoms with Crippen LogP contribution in [0.3, 0.4) is 0 Å². The second-order valence-electron chi connectivity index (χ2n) is 5.70. The predicted molar refractivity (Wildman–Crippen MR) is 112 cm³/mol. The molecule has 0 amide bonds. The maximum Gasteiger partial charge on any atom is 0.115 e. The van der Waals surface area contributed by atoms with Crippen LogP contribution in [0, 0.1) is 0 Å². The van der Waals surface area contributed by atoms with Gasteiger partial charge in [0.05, 0.1) is 0 Å². The highest BCUT2D eigenvalue weighted by Gasteiger charge is 1.97. The molecule has 2 aromatic carbocycles. The highest BCUT2D eigenvalue weighted by atomic mass is 79.9. The van der Waals surface area contributed by atoms with E-state index in [9.17, 15) is 0 Å². The summed E-state index contributed by atoms with van der Waals surface area (Å²) in [4.78, 5) is 0. The van der Waals surface area contributed by atoms with Gasteiger partial charge in [0.15, 0.2) is 0 Å². The Morgan fingerprint density at radius 1 is 0.667 bits per heavy atom. The summed E-state index contributed by atoms with van der Waals surface area (Å²) in [7, 11) is 0. The highest BCUT2D eigenvalue weighted by molar-refractivity contribution is 8.93. The van der Waals surface area contributed by atoms with Crippen LogP contribution in [0.5, 0.6) is 11.5 Å². The molecule has 0 radical (unpaired) electrons. The molecule has 0 saturated carbocycles. The third kappa shape index (κ3) is 11.5. The molecular weight excluding hydrogens is 436 g/mol. The van der Waals surface area contributed by atoms with Crippen LogP contribution in [0.1, 0.15) is 25.0 Å². The van der Waals surface area contributed by atoms with Crippen LogP contribution in [0.4, 0.5) is 0 Å². The molecule has 0 fully saturated rings. The van der Waals surface area contributed by atoms with Gasteiger partial charge in [-0.3, -0.25) is 0 Å². The Balaban J connectivity index is 0. The minimum atomic E-state index is 0. The monoisotopic (exact) mass is 462 g/mol. The summed E-state index contributed by atoms with van der Waals surface area (Å²) in [5.41, 5.74) is 13.5. The first-order valence-electron chi connectivity index (χ1n) is 7.43. The Morgan fingerprint density at radius 3 is 1.12 bits per heavy atom. The minimum Gasteiger partial charge on any atom is -0.508 e. The molecule has 2 aromatic rings. The second kappa shape index (κ2) is 13.2. The van der Waals surface area contributed by atoms with Gasteiger partial charge in [0.25, 0.3) is 0 Å². The molecule has 6 N–H and O–H groups in total. The van der Waals surface area contributed by atoms with Crippen molar-refractivity contribution in [3.8, 4) is 11.5 Å². The third-order valence-electron chi connectivity index (χ3n) is 2.99. The summed E-state index contributed by atoms with van der Waals surface area (Å²) in [6, 6.07) is 14.6. The molecule has 2 atom stereocenters. The quantitative estimate of drug-likeness (QED) is 0.555. The van der Waals surface area contributed by atoms with Crippen molar-refractivity contribution in [2.45, 2.75) is 38.8 Å². The lowest BCUT2D eigenvalue weighted by molar-refractivity contribution is 0.474. The number of hydrogen-bond donors (Lipinski definition) is 4. The zero-order valence-electron chi connectivity index (χ0n) is 14.1. The summed E-state index contributed by atoms with van der Waals surface area (Å²) in [6.45, 7) is 3.93. The van der Waals surface area contributed by atoms with E-state index in [4.69, 9.17) is 21.7 Å². The van der Waals surface area contributed by atoms with Gasteiger partial charge < -0.3 is 21.7 Å². The molecule has 24 heavy (non-hydrogen) atoms. The van der Waals surface area contributed by atoms with Crippen molar-refractivity contribution >= 4 is 34.0 Å². The van der Waals surface area contributed by atoms with Gasteiger partial charge in [-0.1, -0.05) is 24.3 Å². The summed E-state index contributed by atoms with van der Waals surface area (Å²) >= 11 is 0. The van der Waals surface area contributed by atoms with Crippen LogP contribution < -0.4 is 11.5 Å². The highest BCUT2D eigenvalue weighted by Crippen LogP contribution is 2.11. The van der Waals surface area contributed by atoms with Gasteiger partial charge in [0.1, 0.15) is 11.5 Å². The van der Waals surface area contributed by atoms with Gasteiger partial charge in [0, 0.05) is 12.1 Å². The van der Waals surface area contributed by atoms with Crippen molar-refractivity contribution < 1.29 is 10.2 Å². The number of rotatable bonds is 4. The largest absolute Gasteiger partial charge is 0.508 e. The van der Waals surface area contributed by atoms with Gasteiger partial charge in [0.2, 0.25) is 0 Å². The molecule has 0 aliphatic heterocycles. The van der Waals surface area contributed by atoms with E-state index in [2.05, 4.69) is 0 Å². The van der Waals surface area contributed by atoms with Crippen molar-refractivity contribution in [2.24, 2.45) is 11.5 Å². The smallest absolute Gasteiger partial charge is 0.115 e. The van der Waals surface area contributed by atoms with Crippen LogP contribution in [0.25, 0.3) is 0 Å². The maximum atomic E-state index is 8.96. The van der Waals surface area contributed by atoms with Crippen molar-refractivity contribution in [2.75, 3.05) is 0 Å². The number of aromatic hydroxyl groups is 2. The van der Waals surface area contributed by atoms with Crippen LogP contribution in [0.2, 0.25) is 0 Å². The molecule has 0 heterocycles. The Labute approximate surface area is 165 Å². The summed E-state index contributed by atoms with van der Waals surface area (Å²) < 4.78 is 0. The van der Waals surface area contributed by atoms with E-state index in [-0.39, 0.29) is 46.0 Å². The Bertz CT molecular complexity index is 492. The average molecular weight is 464 g/mol. The first-order chi connectivity index (χ1) is 10.4. The van der Waals surface area contributed by atoms with Gasteiger partial charge in [-0.2, -0.15) is 0 Å². The molecule has 2 rings (SSSR count). The molecule has 136 valence electrons. The Hall–Kier alpha value is -1.08. The van der Waals surface area contributed by atoms with E-state index in [0.717, 1.165) is 24.0 Å². The van der Waals surface area contributed by atoms with Crippen molar-refractivity contribution in [3.05, 3.63) is 59.7 Å². The number of halogens is 2. The van der Waals surface area contributed by atoms with Crippen LogP contribution in [0.15, 0.2) is 48.5 Å². The maximum absolute atomic E-state index is 8.96. The van der Waals surface area contributed by atoms with E-state index >= 15 is 0 Å². The Kier molecular flexibility index (Phi) is 13.9. The average Bonchev–Trinajstić information content (AvgIpc) is 2.44. The van der Waals surface area contributed by atoms with Gasteiger partial charge in [-0.15, -0.1) is 34.0 Å². The standard InChI is InChI=1S/2C9H13NO.2BrH/c2*1-7(10)6-8-2-4-9(11)5-3-8;;/h2*2-5,7,11H,6,10H2,1H3;2*1H. The number of phenolic OH excluding ortho intramolecular Hbond substituents is 2. The molecular formula is C18H28Br2N2O2. The SMILES string of the molecule is Br.Br.CC(N)Cc1ccc(O)cc1.CC(N)Cc1ccc(O)cc1. The first-order valence-corrected chi connectivity index (χ1v) is 7.43. The van der Waals surface area contributed by atoms with E-state index in [1.807, 2.05) is 38.1 Å². The first kappa shape index (κ1) is 25.2. The van der Waals surface area contributed by atoms with Crippen LogP contribution >= 0.6 is 34.0 Å². The molecule has 0 aliphatic carbocycles. The minimum absolute atomic E-state index is 0. The molecule has 0 spiro atoms. The lowest BCUT2D eigenvalue weighted by Gasteiger charge is -2.03. The van der Waals surface area contributed by atoms with Crippen LogP contribution in [-0.4, -0.2) is 22.3 Å². The number of hydrogen-bond acceptors (Lipinski definition) is 4. The van der Waals surface area contributed by atoms with Crippen LogP contribution in [-0.2, 0) is 12.8 Å². The molecule has 6 heteroatoms. The Morgan fingerprint density at radius 2 is 0.917 bits per heavy atom. The zero-order valence-corrected chi connectivity index (χ0v) is 17.5. The van der Waals surface area contributed by atoms with Gasteiger partial charge in [-0.05, 0) is 62.1 Å².